The maximum absolute atomic E-state index is 5.30. The van der Waals surface area contributed by atoms with E-state index in [2.05, 4.69) is 176 Å². The Hall–Kier alpha value is -6.42. The molecule has 0 unspecified atom stereocenters. The summed E-state index contributed by atoms with van der Waals surface area (Å²) in [7, 11) is 0. The van der Waals surface area contributed by atoms with Crippen LogP contribution >= 0.6 is 11.3 Å². The first-order valence-electron chi connectivity index (χ1n) is 17.2. The number of thiophene rings is 1. The molecule has 0 radical (unpaired) electrons. The second kappa shape index (κ2) is 12.2. The van der Waals surface area contributed by atoms with E-state index in [0.29, 0.717) is 5.82 Å². The fraction of sp³-hybridized carbons (Fsp3) is 0. The quantitative estimate of drug-likeness (QED) is 0.171. The van der Waals surface area contributed by atoms with Gasteiger partial charge in [0.25, 0.3) is 0 Å². The van der Waals surface area contributed by atoms with E-state index in [1.54, 1.807) is 0 Å². The van der Waals surface area contributed by atoms with Gasteiger partial charge in [0.2, 0.25) is 0 Å². The van der Waals surface area contributed by atoms with E-state index in [1.165, 1.54) is 58.4 Å². The van der Waals surface area contributed by atoms with Crippen LogP contribution in [0.25, 0.3) is 97.9 Å². The molecule has 2 nitrogen and oxygen atoms in total. The Labute approximate surface area is 300 Å². The van der Waals surface area contributed by atoms with E-state index >= 15 is 0 Å². The zero-order chi connectivity index (χ0) is 33.7. The summed E-state index contributed by atoms with van der Waals surface area (Å²) >= 11 is 1.86. The third kappa shape index (κ3) is 5.18. The SMILES string of the molecule is c1ccc(-c2cc(-c3cc(-c4cc5ccccc5c5ccccc45)nc(-c4ccccc4)n3)cc(-c3cccc4c3sc3ccccc34)c2)cc1. The predicted molar refractivity (Wildman–Crippen MR) is 217 cm³/mol. The lowest BCUT2D eigenvalue weighted by Gasteiger charge is -2.15. The molecule has 0 fully saturated rings. The molecule has 0 aliphatic heterocycles. The summed E-state index contributed by atoms with van der Waals surface area (Å²) in [5, 5.41) is 7.42. The van der Waals surface area contributed by atoms with Gasteiger partial charge in [-0.1, -0.05) is 146 Å². The fourth-order valence-corrected chi connectivity index (χ4v) is 8.66. The monoisotopic (exact) mass is 666 g/mol. The van der Waals surface area contributed by atoms with Crippen LogP contribution in [0.5, 0.6) is 0 Å². The van der Waals surface area contributed by atoms with Gasteiger partial charge in [0.15, 0.2) is 5.82 Å². The van der Waals surface area contributed by atoms with Crippen molar-refractivity contribution in [3.63, 3.8) is 0 Å². The lowest BCUT2D eigenvalue weighted by atomic mass is 9.93. The lowest BCUT2D eigenvalue weighted by Crippen LogP contribution is -1.97. The van der Waals surface area contributed by atoms with Crippen LogP contribution in [0, 0.1) is 0 Å². The Morgan fingerprint density at radius 1 is 0.333 bits per heavy atom. The molecule has 0 saturated heterocycles. The molecule has 0 aliphatic rings. The second-order valence-electron chi connectivity index (χ2n) is 13.0. The zero-order valence-corrected chi connectivity index (χ0v) is 28.4. The molecule has 0 N–H and O–H groups in total. The van der Waals surface area contributed by atoms with E-state index in [9.17, 15) is 0 Å². The van der Waals surface area contributed by atoms with Crippen LogP contribution in [-0.4, -0.2) is 9.97 Å². The average molecular weight is 667 g/mol. The van der Waals surface area contributed by atoms with Crippen molar-refractivity contribution in [2.45, 2.75) is 0 Å². The Morgan fingerprint density at radius 2 is 0.941 bits per heavy atom. The lowest BCUT2D eigenvalue weighted by molar-refractivity contribution is 1.19. The summed E-state index contributed by atoms with van der Waals surface area (Å²) in [4.78, 5) is 10.6. The van der Waals surface area contributed by atoms with E-state index in [-0.39, 0.29) is 0 Å². The van der Waals surface area contributed by atoms with Gasteiger partial charge in [0.05, 0.1) is 11.4 Å². The summed E-state index contributed by atoms with van der Waals surface area (Å²) in [6.45, 7) is 0. The first-order chi connectivity index (χ1) is 25.3. The van der Waals surface area contributed by atoms with Gasteiger partial charge < -0.3 is 0 Å². The minimum Gasteiger partial charge on any atom is -0.228 e. The first kappa shape index (κ1) is 29.5. The molecule has 10 aromatic rings. The third-order valence-corrected chi connectivity index (χ3v) is 11.1. The number of benzene rings is 8. The molecule has 238 valence electrons. The summed E-state index contributed by atoms with van der Waals surface area (Å²) < 4.78 is 2.60. The highest BCUT2D eigenvalue weighted by Crippen LogP contribution is 2.43. The van der Waals surface area contributed by atoms with Crippen molar-refractivity contribution in [3.05, 3.63) is 182 Å². The van der Waals surface area contributed by atoms with Crippen LogP contribution in [0.3, 0.4) is 0 Å². The minimum absolute atomic E-state index is 0.707. The molecule has 0 aliphatic carbocycles. The highest BCUT2D eigenvalue weighted by molar-refractivity contribution is 7.26. The predicted octanol–water partition coefficient (Wildman–Crippen LogP) is 13.5. The molecule has 0 bridgehead atoms. The van der Waals surface area contributed by atoms with Crippen LogP contribution in [0.1, 0.15) is 0 Å². The fourth-order valence-electron chi connectivity index (χ4n) is 7.42. The first-order valence-corrected chi connectivity index (χ1v) is 18.1. The van der Waals surface area contributed by atoms with E-state index in [4.69, 9.17) is 9.97 Å². The Kier molecular flexibility index (Phi) is 7.04. The second-order valence-corrected chi connectivity index (χ2v) is 14.0. The van der Waals surface area contributed by atoms with Gasteiger partial charge in [-0.25, -0.2) is 9.97 Å². The Balaban J connectivity index is 1.25. The smallest absolute Gasteiger partial charge is 0.160 e. The molecule has 2 aromatic heterocycles. The van der Waals surface area contributed by atoms with Crippen molar-refractivity contribution >= 4 is 53.1 Å². The van der Waals surface area contributed by atoms with Crippen molar-refractivity contribution in [1.82, 2.24) is 9.97 Å². The minimum atomic E-state index is 0.707. The molecule has 51 heavy (non-hydrogen) atoms. The Bertz CT molecular complexity index is 2910. The van der Waals surface area contributed by atoms with Crippen LogP contribution in [0.2, 0.25) is 0 Å². The standard InChI is InChI=1S/C48H30N2S/c1-3-14-31(15-4-1)34-26-35(38-23-13-24-42-41-22-11-12-25-46(41)51-47(38)42)28-36(27-34)44-30-45(50-48(49-44)32-16-5-2-6-17-32)43-29-33-18-7-8-19-37(33)39-20-9-10-21-40(39)43/h1-30H. The largest absolute Gasteiger partial charge is 0.228 e. The average Bonchev–Trinajstić information content (AvgIpc) is 3.60. The number of hydrogen-bond acceptors (Lipinski definition) is 3. The van der Waals surface area contributed by atoms with Gasteiger partial charge in [0.1, 0.15) is 0 Å². The topological polar surface area (TPSA) is 25.8 Å². The molecular formula is C48H30N2S. The summed E-state index contributed by atoms with van der Waals surface area (Å²) in [6, 6.07) is 65.0. The molecular weight excluding hydrogens is 637 g/mol. The number of hydrogen-bond donors (Lipinski definition) is 0. The van der Waals surface area contributed by atoms with Crippen LogP contribution in [-0.2, 0) is 0 Å². The molecule has 2 heterocycles. The third-order valence-electron chi connectivity index (χ3n) is 9.85. The van der Waals surface area contributed by atoms with Crippen LogP contribution < -0.4 is 0 Å². The molecule has 3 heteroatoms. The van der Waals surface area contributed by atoms with Gasteiger partial charge in [-0.15, -0.1) is 11.3 Å². The normalized spacial score (nSPS) is 11.5. The molecule has 0 saturated carbocycles. The summed E-state index contributed by atoms with van der Waals surface area (Å²) in [5.74, 6) is 0.707. The van der Waals surface area contributed by atoms with Gasteiger partial charge in [0, 0.05) is 36.9 Å². The van der Waals surface area contributed by atoms with Gasteiger partial charge >= 0.3 is 0 Å². The molecule has 0 atom stereocenters. The van der Waals surface area contributed by atoms with Gasteiger partial charge in [-0.2, -0.15) is 0 Å². The number of rotatable bonds is 5. The van der Waals surface area contributed by atoms with Crippen molar-refractivity contribution < 1.29 is 0 Å². The number of aromatic nitrogens is 2. The highest BCUT2D eigenvalue weighted by atomic mass is 32.1. The van der Waals surface area contributed by atoms with Gasteiger partial charge in [-0.3, -0.25) is 0 Å². The van der Waals surface area contributed by atoms with E-state index in [1.807, 2.05) is 17.4 Å². The van der Waals surface area contributed by atoms with Crippen LogP contribution in [0.15, 0.2) is 182 Å². The summed E-state index contributed by atoms with van der Waals surface area (Å²) in [6.07, 6.45) is 0. The number of fused-ring (bicyclic) bond motifs is 6. The van der Waals surface area contributed by atoms with E-state index in [0.717, 1.165) is 33.6 Å². The zero-order valence-electron chi connectivity index (χ0n) is 27.6. The van der Waals surface area contributed by atoms with Crippen LogP contribution in [0.4, 0.5) is 0 Å². The summed E-state index contributed by atoms with van der Waals surface area (Å²) in [5.41, 5.74) is 9.64. The Morgan fingerprint density at radius 3 is 1.76 bits per heavy atom. The molecule has 0 amide bonds. The van der Waals surface area contributed by atoms with Crippen molar-refractivity contribution in [3.8, 4) is 56.2 Å². The maximum atomic E-state index is 5.30. The maximum Gasteiger partial charge on any atom is 0.160 e. The van der Waals surface area contributed by atoms with Crippen molar-refractivity contribution in [2.24, 2.45) is 0 Å². The molecule has 8 aromatic carbocycles. The van der Waals surface area contributed by atoms with Gasteiger partial charge in [-0.05, 0) is 80.2 Å². The van der Waals surface area contributed by atoms with Crippen molar-refractivity contribution in [1.29, 1.82) is 0 Å². The number of nitrogens with zero attached hydrogens (tertiary/aromatic N) is 2. The van der Waals surface area contributed by atoms with Crippen molar-refractivity contribution in [2.75, 3.05) is 0 Å². The molecule has 10 rings (SSSR count). The highest BCUT2D eigenvalue weighted by Gasteiger charge is 2.17. The molecule has 0 spiro atoms. The van der Waals surface area contributed by atoms with E-state index < -0.39 is 0 Å².